The lowest BCUT2D eigenvalue weighted by molar-refractivity contribution is 0.0996. The third-order valence-corrected chi connectivity index (χ3v) is 2.23. The van der Waals surface area contributed by atoms with Gasteiger partial charge in [0.2, 0.25) is 0 Å². The van der Waals surface area contributed by atoms with Crippen LogP contribution >= 0.6 is 11.6 Å². The molecule has 0 atom stereocenters. The highest BCUT2D eigenvalue weighted by atomic mass is 35.5. The summed E-state index contributed by atoms with van der Waals surface area (Å²) in [5.74, 6) is 0.0527. The first kappa shape index (κ1) is 10.0. The molecule has 0 heterocycles. The summed E-state index contributed by atoms with van der Waals surface area (Å²) in [5, 5.41) is 0.634. The van der Waals surface area contributed by atoms with Crippen LogP contribution in [0.2, 0.25) is 5.02 Å². The number of aryl methyl sites for hydroxylation is 1. The summed E-state index contributed by atoms with van der Waals surface area (Å²) in [6.07, 6.45) is 1.95. The van der Waals surface area contributed by atoms with Gasteiger partial charge in [-0.1, -0.05) is 29.8 Å². The zero-order valence-electron chi connectivity index (χ0n) is 7.51. The third kappa shape index (κ3) is 2.43. The van der Waals surface area contributed by atoms with Gasteiger partial charge in [-0.05, 0) is 18.6 Å². The molecule has 68 valence electrons. The molecule has 13 heavy (non-hydrogen) atoms. The fourth-order valence-corrected chi connectivity index (χ4v) is 1.20. The Morgan fingerprint density at radius 3 is 2.85 bits per heavy atom. The zero-order chi connectivity index (χ0) is 9.84. The van der Waals surface area contributed by atoms with E-state index in [0.717, 1.165) is 5.56 Å². The lowest BCUT2D eigenvalue weighted by Gasteiger charge is -2.00. The molecular formula is C11H11ClO. The van der Waals surface area contributed by atoms with E-state index >= 15 is 0 Å². The molecule has 0 fully saturated rings. The van der Waals surface area contributed by atoms with Crippen molar-refractivity contribution in [1.82, 2.24) is 0 Å². The molecule has 1 aromatic carbocycles. The van der Waals surface area contributed by atoms with Gasteiger partial charge in [-0.3, -0.25) is 4.79 Å². The first-order chi connectivity index (χ1) is 6.15. The Hall–Kier alpha value is -1.08. The number of rotatable bonds is 3. The van der Waals surface area contributed by atoms with Crippen LogP contribution in [0.4, 0.5) is 0 Å². The van der Waals surface area contributed by atoms with Crippen LogP contribution in [0.5, 0.6) is 0 Å². The van der Waals surface area contributed by atoms with Crippen LogP contribution in [-0.2, 0) is 0 Å². The van der Waals surface area contributed by atoms with Crippen molar-refractivity contribution in [2.45, 2.75) is 13.3 Å². The first-order valence-corrected chi connectivity index (χ1v) is 4.43. The topological polar surface area (TPSA) is 17.1 Å². The molecule has 0 radical (unpaired) electrons. The number of halogens is 1. The van der Waals surface area contributed by atoms with E-state index in [4.69, 9.17) is 11.6 Å². The van der Waals surface area contributed by atoms with E-state index in [0.29, 0.717) is 17.0 Å². The van der Waals surface area contributed by atoms with E-state index in [2.05, 4.69) is 6.58 Å². The number of benzene rings is 1. The highest BCUT2D eigenvalue weighted by Gasteiger charge is 2.04. The summed E-state index contributed by atoms with van der Waals surface area (Å²) in [4.78, 5) is 11.4. The average Bonchev–Trinajstić information content (AvgIpc) is 2.10. The minimum absolute atomic E-state index is 0.0527. The number of ketones is 1. The van der Waals surface area contributed by atoms with Crippen molar-refractivity contribution in [1.29, 1.82) is 0 Å². The normalized spacial score (nSPS) is 9.69. The molecule has 0 aliphatic rings. The van der Waals surface area contributed by atoms with Crippen LogP contribution in [0.25, 0.3) is 0 Å². The number of hydrogen-bond acceptors (Lipinski definition) is 1. The Kier molecular flexibility index (Phi) is 3.26. The average molecular weight is 195 g/mol. The van der Waals surface area contributed by atoms with Gasteiger partial charge in [-0.15, -0.1) is 6.58 Å². The van der Waals surface area contributed by atoms with Crippen LogP contribution in [0.3, 0.4) is 0 Å². The SMILES string of the molecule is C=CCC(=O)c1ccc(C)c(Cl)c1. The van der Waals surface area contributed by atoms with Gasteiger partial charge < -0.3 is 0 Å². The first-order valence-electron chi connectivity index (χ1n) is 4.05. The van der Waals surface area contributed by atoms with Gasteiger partial charge in [0.1, 0.15) is 0 Å². The molecule has 0 aromatic heterocycles. The fourth-order valence-electron chi connectivity index (χ4n) is 1.02. The van der Waals surface area contributed by atoms with Crippen molar-refractivity contribution in [2.75, 3.05) is 0 Å². The van der Waals surface area contributed by atoms with Gasteiger partial charge in [0.15, 0.2) is 5.78 Å². The van der Waals surface area contributed by atoms with Crippen LogP contribution in [0, 0.1) is 6.92 Å². The van der Waals surface area contributed by atoms with Gasteiger partial charge in [0.25, 0.3) is 0 Å². The predicted molar refractivity (Wildman–Crippen MR) is 55.3 cm³/mol. The second-order valence-electron chi connectivity index (χ2n) is 2.88. The number of carbonyl (C=O) groups excluding carboxylic acids is 1. The maximum atomic E-state index is 11.4. The molecule has 1 rings (SSSR count). The smallest absolute Gasteiger partial charge is 0.166 e. The molecular weight excluding hydrogens is 184 g/mol. The number of allylic oxidation sites excluding steroid dienone is 1. The summed E-state index contributed by atoms with van der Waals surface area (Å²) in [6, 6.07) is 5.33. The Labute approximate surface area is 83.0 Å². The Morgan fingerprint density at radius 1 is 1.62 bits per heavy atom. The summed E-state index contributed by atoms with van der Waals surface area (Å²) < 4.78 is 0. The van der Waals surface area contributed by atoms with Crippen molar-refractivity contribution in [2.24, 2.45) is 0 Å². The van der Waals surface area contributed by atoms with Crippen molar-refractivity contribution in [3.05, 3.63) is 47.0 Å². The highest BCUT2D eigenvalue weighted by molar-refractivity contribution is 6.31. The van der Waals surface area contributed by atoms with E-state index in [1.807, 2.05) is 13.0 Å². The molecule has 2 heteroatoms. The molecule has 0 aliphatic heterocycles. The second-order valence-corrected chi connectivity index (χ2v) is 3.29. The van der Waals surface area contributed by atoms with E-state index < -0.39 is 0 Å². The molecule has 0 aliphatic carbocycles. The molecule has 1 aromatic rings. The number of carbonyl (C=O) groups is 1. The lowest BCUT2D eigenvalue weighted by Crippen LogP contribution is -1.96. The van der Waals surface area contributed by atoms with Gasteiger partial charge >= 0.3 is 0 Å². The lowest BCUT2D eigenvalue weighted by atomic mass is 10.1. The molecule has 0 bridgehead atoms. The quantitative estimate of drug-likeness (QED) is 0.533. The summed E-state index contributed by atoms with van der Waals surface area (Å²) in [7, 11) is 0. The van der Waals surface area contributed by atoms with Gasteiger partial charge in [0.05, 0.1) is 0 Å². The van der Waals surface area contributed by atoms with Crippen molar-refractivity contribution >= 4 is 17.4 Å². The van der Waals surface area contributed by atoms with Crippen molar-refractivity contribution in [3.8, 4) is 0 Å². The maximum absolute atomic E-state index is 11.4. The zero-order valence-corrected chi connectivity index (χ0v) is 8.27. The number of Topliss-reactive ketones (excluding diaryl/α,β-unsaturated/α-hetero) is 1. The predicted octanol–water partition coefficient (Wildman–Crippen LogP) is 3.41. The molecule has 0 saturated heterocycles. The Balaban J connectivity index is 2.96. The molecule has 0 spiro atoms. The van der Waals surface area contributed by atoms with Crippen LogP contribution in [0.1, 0.15) is 22.3 Å². The second kappa shape index (κ2) is 4.24. The molecule has 0 unspecified atom stereocenters. The van der Waals surface area contributed by atoms with E-state index in [9.17, 15) is 4.79 Å². The molecule has 1 nitrogen and oxygen atoms in total. The van der Waals surface area contributed by atoms with Crippen LogP contribution in [-0.4, -0.2) is 5.78 Å². The summed E-state index contributed by atoms with van der Waals surface area (Å²) in [6.45, 7) is 5.42. The molecule has 0 N–H and O–H groups in total. The summed E-state index contributed by atoms with van der Waals surface area (Å²) in [5.41, 5.74) is 1.63. The Bertz CT molecular complexity index is 342. The molecule has 0 saturated carbocycles. The Morgan fingerprint density at radius 2 is 2.31 bits per heavy atom. The van der Waals surface area contributed by atoms with Crippen LogP contribution in [0.15, 0.2) is 30.9 Å². The van der Waals surface area contributed by atoms with Gasteiger partial charge in [-0.25, -0.2) is 0 Å². The van der Waals surface area contributed by atoms with Gasteiger partial charge in [-0.2, -0.15) is 0 Å². The van der Waals surface area contributed by atoms with E-state index in [1.54, 1.807) is 18.2 Å². The van der Waals surface area contributed by atoms with Crippen LogP contribution < -0.4 is 0 Å². The minimum Gasteiger partial charge on any atom is -0.294 e. The number of hydrogen-bond donors (Lipinski definition) is 0. The largest absolute Gasteiger partial charge is 0.294 e. The van der Waals surface area contributed by atoms with Gasteiger partial charge in [0, 0.05) is 17.0 Å². The monoisotopic (exact) mass is 194 g/mol. The minimum atomic E-state index is 0.0527. The maximum Gasteiger partial charge on any atom is 0.166 e. The van der Waals surface area contributed by atoms with Crippen molar-refractivity contribution in [3.63, 3.8) is 0 Å². The van der Waals surface area contributed by atoms with E-state index in [1.165, 1.54) is 0 Å². The van der Waals surface area contributed by atoms with Crippen molar-refractivity contribution < 1.29 is 4.79 Å². The summed E-state index contributed by atoms with van der Waals surface area (Å²) >= 11 is 5.88. The fraction of sp³-hybridized carbons (Fsp3) is 0.182. The van der Waals surface area contributed by atoms with E-state index in [-0.39, 0.29) is 5.78 Å². The highest BCUT2D eigenvalue weighted by Crippen LogP contribution is 2.17. The molecule has 0 amide bonds. The standard InChI is InChI=1S/C11H11ClO/c1-3-4-11(13)9-6-5-8(2)10(12)7-9/h3,5-7H,1,4H2,2H3. The third-order valence-electron chi connectivity index (χ3n) is 1.82.